The molecule has 0 amide bonds. The predicted octanol–water partition coefficient (Wildman–Crippen LogP) is 4.05. The molecule has 0 heterocycles. The van der Waals surface area contributed by atoms with Crippen molar-refractivity contribution in [3.8, 4) is 0 Å². The van der Waals surface area contributed by atoms with Gasteiger partial charge in [0.05, 0.1) is 6.61 Å². The Hall–Kier alpha value is -0.530. The van der Waals surface area contributed by atoms with Crippen LogP contribution in [0.25, 0.3) is 0 Å². The van der Waals surface area contributed by atoms with E-state index in [1.165, 1.54) is 0 Å². The Labute approximate surface area is 126 Å². The van der Waals surface area contributed by atoms with Crippen molar-refractivity contribution in [2.45, 2.75) is 42.5 Å². The number of hydrogen-bond acceptors (Lipinski definition) is 3. The molecule has 0 unspecified atom stereocenters. The maximum atomic E-state index is 13.1. The zero-order chi connectivity index (χ0) is 19.8. The van der Waals surface area contributed by atoms with Crippen LogP contribution >= 0.6 is 8.60 Å². The van der Waals surface area contributed by atoms with Gasteiger partial charge >= 0.3 is 44.6 Å². The number of rotatable bonds is 9. The monoisotopic (exact) mass is 410 g/mol. The van der Waals surface area contributed by atoms with Crippen molar-refractivity contribution >= 4 is 8.60 Å². The third-order valence-electron chi connectivity index (χ3n) is 2.56. The van der Waals surface area contributed by atoms with Crippen molar-refractivity contribution in [2.24, 2.45) is 0 Å². The molecule has 0 atom stereocenters. The predicted molar refractivity (Wildman–Crippen MR) is 52.7 cm³/mol. The quantitative estimate of drug-likeness (QED) is 0.446. The van der Waals surface area contributed by atoms with Gasteiger partial charge < -0.3 is 14.3 Å². The van der Waals surface area contributed by atoms with Gasteiger partial charge in [-0.25, -0.2) is 8.78 Å². The lowest BCUT2D eigenvalue weighted by molar-refractivity contribution is -0.413. The molecular formula is C8H7F12O3P. The molecule has 0 saturated heterocycles. The topological polar surface area (TPSA) is 49.7 Å². The van der Waals surface area contributed by atoms with E-state index in [-0.39, 0.29) is 0 Å². The number of halogens is 12. The van der Waals surface area contributed by atoms with Gasteiger partial charge in [0.15, 0.2) is 0 Å². The van der Waals surface area contributed by atoms with Crippen LogP contribution in [0.15, 0.2) is 0 Å². The third kappa shape index (κ3) is 3.83. The number of alkyl halides is 12. The second kappa shape index (κ2) is 7.00. The lowest BCUT2D eigenvalue weighted by atomic mass is 9.93. The van der Waals surface area contributed by atoms with Gasteiger partial charge in [0, 0.05) is 6.42 Å². The fraction of sp³-hybridized carbons (Fsp3) is 1.00. The van der Waals surface area contributed by atoms with Gasteiger partial charge in [-0.05, 0) is 0 Å². The first-order valence-electron chi connectivity index (χ1n) is 5.34. The SMILES string of the molecule is OP(O)OCCC(F)(F)C(F)(F)C(F)(F)C(F)(F)C(F)(F)C(F)F. The van der Waals surface area contributed by atoms with Crippen molar-refractivity contribution in [1.82, 2.24) is 0 Å². The van der Waals surface area contributed by atoms with Gasteiger partial charge in [-0.15, -0.1) is 0 Å². The zero-order valence-corrected chi connectivity index (χ0v) is 11.7. The summed E-state index contributed by atoms with van der Waals surface area (Å²) in [6.45, 7) is -1.77. The van der Waals surface area contributed by atoms with E-state index in [1.54, 1.807) is 0 Å². The minimum absolute atomic E-state index is 1.77. The van der Waals surface area contributed by atoms with Crippen LogP contribution < -0.4 is 0 Å². The van der Waals surface area contributed by atoms with Crippen molar-refractivity contribution in [1.29, 1.82) is 0 Å². The van der Waals surface area contributed by atoms with Crippen LogP contribution in [0.5, 0.6) is 0 Å². The van der Waals surface area contributed by atoms with E-state index in [2.05, 4.69) is 4.52 Å². The van der Waals surface area contributed by atoms with E-state index in [9.17, 15) is 52.7 Å². The average Bonchev–Trinajstić information content (AvgIpc) is 2.36. The van der Waals surface area contributed by atoms with Crippen LogP contribution in [0.4, 0.5) is 52.7 Å². The average molecular weight is 410 g/mol. The van der Waals surface area contributed by atoms with E-state index in [0.717, 1.165) is 0 Å². The fourth-order valence-corrected chi connectivity index (χ4v) is 1.44. The Kier molecular flexibility index (Phi) is 6.84. The first-order valence-corrected chi connectivity index (χ1v) is 6.50. The van der Waals surface area contributed by atoms with E-state index in [1.807, 2.05) is 0 Å². The molecule has 0 radical (unpaired) electrons. The smallest absolute Gasteiger partial charge is 0.328 e. The van der Waals surface area contributed by atoms with Crippen molar-refractivity contribution in [3.63, 3.8) is 0 Å². The summed E-state index contributed by atoms with van der Waals surface area (Å²) in [7, 11) is -3.40. The molecule has 0 spiro atoms. The Morgan fingerprint density at radius 2 is 1.17 bits per heavy atom. The van der Waals surface area contributed by atoms with Crippen LogP contribution in [0.1, 0.15) is 6.42 Å². The first kappa shape index (κ1) is 23.5. The Balaban J connectivity index is 5.72. The molecule has 0 aromatic rings. The van der Waals surface area contributed by atoms with Crippen molar-refractivity contribution < 1.29 is 67.0 Å². The minimum Gasteiger partial charge on any atom is -0.328 e. The van der Waals surface area contributed by atoms with Crippen LogP contribution in [0.3, 0.4) is 0 Å². The summed E-state index contributed by atoms with van der Waals surface area (Å²) >= 11 is 0. The highest BCUT2D eigenvalue weighted by Gasteiger charge is 2.87. The minimum atomic E-state index is -7.59. The molecule has 0 aromatic heterocycles. The third-order valence-corrected chi connectivity index (χ3v) is 2.98. The highest BCUT2D eigenvalue weighted by atomic mass is 31.2. The normalized spacial score (nSPS) is 15.5. The van der Waals surface area contributed by atoms with Crippen molar-refractivity contribution in [2.75, 3.05) is 6.61 Å². The van der Waals surface area contributed by atoms with E-state index in [0.29, 0.717) is 0 Å². The molecule has 146 valence electrons. The highest BCUT2D eigenvalue weighted by molar-refractivity contribution is 7.39. The summed E-state index contributed by atoms with van der Waals surface area (Å²) in [5.74, 6) is -35.5. The molecule has 0 aromatic carbocycles. The molecule has 0 bridgehead atoms. The van der Waals surface area contributed by atoms with Crippen LogP contribution in [0, 0.1) is 0 Å². The second-order valence-electron chi connectivity index (χ2n) is 4.19. The number of hydrogen-bond donors (Lipinski definition) is 2. The van der Waals surface area contributed by atoms with Gasteiger partial charge in [0.1, 0.15) is 0 Å². The molecule has 0 aliphatic rings. The molecule has 16 heteroatoms. The first-order chi connectivity index (χ1) is 10.4. The maximum Gasteiger partial charge on any atom is 0.384 e. The fourth-order valence-electron chi connectivity index (χ4n) is 1.19. The standard InChI is InChI=1S/C8H7F12O3P/c9-3(10)5(13,14)7(17,18)8(19,20)6(15,16)4(11,12)1-2-23-24(21)22/h3,21-22H,1-2H2. The van der Waals surface area contributed by atoms with Crippen LogP contribution in [-0.2, 0) is 4.52 Å². The van der Waals surface area contributed by atoms with E-state index in [4.69, 9.17) is 9.79 Å². The molecule has 3 nitrogen and oxygen atoms in total. The summed E-state index contributed by atoms with van der Waals surface area (Å²) in [5, 5.41) is 0. The molecule has 0 aliphatic carbocycles. The highest BCUT2D eigenvalue weighted by Crippen LogP contribution is 2.58. The molecule has 0 saturated carbocycles. The lowest BCUT2D eigenvalue weighted by Gasteiger charge is -2.39. The molecule has 0 rings (SSSR count). The summed E-state index contributed by atoms with van der Waals surface area (Å²) < 4.78 is 156. The summed E-state index contributed by atoms with van der Waals surface area (Å²) in [6, 6.07) is 0. The second-order valence-corrected chi connectivity index (χ2v) is 4.95. The van der Waals surface area contributed by atoms with Gasteiger partial charge in [-0.2, -0.15) is 43.9 Å². The van der Waals surface area contributed by atoms with Gasteiger partial charge in [0.25, 0.3) is 0 Å². The molecule has 0 fully saturated rings. The Morgan fingerprint density at radius 1 is 0.750 bits per heavy atom. The van der Waals surface area contributed by atoms with Gasteiger partial charge in [-0.3, -0.25) is 0 Å². The Morgan fingerprint density at radius 3 is 1.50 bits per heavy atom. The largest absolute Gasteiger partial charge is 0.384 e. The lowest BCUT2D eigenvalue weighted by Crippen LogP contribution is -2.68. The Bertz CT molecular complexity index is 427. The maximum absolute atomic E-state index is 13.1. The van der Waals surface area contributed by atoms with E-state index >= 15 is 0 Å². The molecule has 0 aliphatic heterocycles. The summed E-state index contributed by atoms with van der Waals surface area (Å²) in [4.78, 5) is 16.2. The zero-order valence-electron chi connectivity index (χ0n) is 10.8. The van der Waals surface area contributed by atoms with E-state index < -0.39 is 57.7 Å². The summed E-state index contributed by atoms with van der Waals surface area (Å²) in [5.41, 5.74) is 0. The molecule has 2 N–H and O–H groups in total. The van der Waals surface area contributed by atoms with Crippen LogP contribution in [0.2, 0.25) is 0 Å². The summed E-state index contributed by atoms with van der Waals surface area (Å²) in [6.07, 6.45) is -8.09. The molecule has 24 heavy (non-hydrogen) atoms. The van der Waals surface area contributed by atoms with Crippen molar-refractivity contribution in [3.05, 3.63) is 0 Å². The van der Waals surface area contributed by atoms with Gasteiger partial charge in [0.2, 0.25) is 0 Å². The molecular weight excluding hydrogens is 403 g/mol. The van der Waals surface area contributed by atoms with Crippen LogP contribution in [-0.4, -0.2) is 52.4 Å². The van der Waals surface area contributed by atoms with Gasteiger partial charge in [-0.1, -0.05) is 0 Å².